The molecule has 2 atom stereocenters. The van der Waals surface area contributed by atoms with Gasteiger partial charge in [0, 0.05) is 18.7 Å². The Labute approximate surface area is 159 Å². The third-order valence-corrected chi connectivity index (χ3v) is 4.93. The number of fused-ring (bicyclic) bond motifs is 1. The molecule has 0 fully saturated rings. The lowest BCUT2D eigenvalue weighted by atomic mass is 10.1. The van der Waals surface area contributed by atoms with Crippen molar-refractivity contribution in [2.45, 2.75) is 51.8 Å². The number of ether oxygens (including phenoxy) is 2. The molecule has 1 aliphatic heterocycles. The van der Waals surface area contributed by atoms with Gasteiger partial charge in [-0.15, -0.1) is 0 Å². The van der Waals surface area contributed by atoms with Gasteiger partial charge in [-0.25, -0.2) is 4.79 Å². The fourth-order valence-corrected chi connectivity index (χ4v) is 2.94. The summed E-state index contributed by atoms with van der Waals surface area (Å²) in [5.41, 5.74) is 0.525. The molecule has 0 saturated carbocycles. The Morgan fingerprint density at radius 3 is 2.76 bits per heavy atom. The second-order valence-corrected chi connectivity index (χ2v) is 8.11. The van der Waals surface area contributed by atoms with Crippen LogP contribution in [0.3, 0.4) is 0 Å². The molecule has 1 N–H and O–H groups in total. The molecule has 0 saturated heterocycles. The molecule has 140 valence electrons. The summed E-state index contributed by atoms with van der Waals surface area (Å²) >= 11 is 12.2. The number of carbonyl (C=O) groups excluding carboxylic acids is 1. The molecule has 2 rings (SSSR count). The van der Waals surface area contributed by atoms with Crippen LogP contribution >= 0.6 is 23.2 Å². The van der Waals surface area contributed by atoms with Crippen LogP contribution in [0.1, 0.15) is 45.7 Å². The monoisotopic (exact) mass is 388 g/mol. The van der Waals surface area contributed by atoms with E-state index in [0.717, 1.165) is 18.5 Å². The van der Waals surface area contributed by atoms with E-state index < -0.39 is 5.60 Å². The summed E-state index contributed by atoms with van der Waals surface area (Å²) < 4.78 is 11.0. The number of carbonyl (C=O) groups is 1. The van der Waals surface area contributed by atoms with Crippen molar-refractivity contribution in [3.05, 3.63) is 27.7 Å². The fraction of sp³-hybridized carbons (Fsp3) is 0.611. The summed E-state index contributed by atoms with van der Waals surface area (Å²) in [6.07, 6.45) is 0.485. The minimum Gasteiger partial charge on any atom is -0.490 e. The van der Waals surface area contributed by atoms with Gasteiger partial charge in [-0.2, -0.15) is 0 Å². The van der Waals surface area contributed by atoms with E-state index in [4.69, 9.17) is 32.7 Å². The third kappa shape index (κ3) is 5.16. The van der Waals surface area contributed by atoms with Gasteiger partial charge in [0.25, 0.3) is 0 Å². The van der Waals surface area contributed by atoms with Crippen LogP contribution < -0.4 is 10.1 Å². The zero-order chi connectivity index (χ0) is 18.8. The van der Waals surface area contributed by atoms with Crippen LogP contribution in [-0.4, -0.2) is 42.8 Å². The van der Waals surface area contributed by atoms with Gasteiger partial charge in [0.2, 0.25) is 0 Å². The zero-order valence-electron chi connectivity index (χ0n) is 15.4. The summed E-state index contributed by atoms with van der Waals surface area (Å²) in [6.45, 7) is 8.84. The Morgan fingerprint density at radius 1 is 1.44 bits per heavy atom. The summed E-state index contributed by atoms with van der Waals surface area (Å²) in [4.78, 5) is 13.7. The lowest BCUT2D eigenvalue weighted by Gasteiger charge is -2.29. The summed E-state index contributed by atoms with van der Waals surface area (Å²) in [5, 5.41) is 4.41. The molecule has 1 aromatic carbocycles. The van der Waals surface area contributed by atoms with Crippen molar-refractivity contribution in [3.63, 3.8) is 0 Å². The van der Waals surface area contributed by atoms with Crippen LogP contribution in [0.2, 0.25) is 10.0 Å². The van der Waals surface area contributed by atoms with E-state index >= 15 is 0 Å². The van der Waals surface area contributed by atoms with Crippen molar-refractivity contribution in [1.82, 2.24) is 10.2 Å². The van der Waals surface area contributed by atoms with E-state index in [0.29, 0.717) is 22.4 Å². The van der Waals surface area contributed by atoms with E-state index in [-0.39, 0.29) is 18.2 Å². The van der Waals surface area contributed by atoms with E-state index in [9.17, 15) is 4.79 Å². The van der Waals surface area contributed by atoms with Gasteiger partial charge in [0.05, 0.1) is 11.1 Å². The van der Waals surface area contributed by atoms with Crippen LogP contribution in [0.5, 0.6) is 5.75 Å². The molecule has 0 spiro atoms. The minimum atomic E-state index is -0.491. The Balaban J connectivity index is 1.84. The van der Waals surface area contributed by atoms with Gasteiger partial charge in [0.1, 0.15) is 23.0 Å². The molecule has 5 nitrogen and oxygen atoms in total. The average molecular weight is 389 g/mol. The van der Waals surface area contributed by atoms with E-state index in [1.807, 2.05) is 33.8 Å². The fourth-order valence-electron chi connectivity index (χ4n) is 2.57. The number of nitrogens with zero attached hydrogens (tertiary/aromatic N) is 1. The van der Waals surface area contributed by atoms with Crippen molar-refractivity contribution < 1.29 is 14.3 Å². The molecule has 0 radical (unpaired) electrons. The van der Waals surface area contributed by atoms with Gasteiger partial charge >= 0.3 is 6.09 Å². The molecule has 1 aromatic rings. The van der Waals surface area contributed by atoms with Crippen molar-refractivity contribution in [1.29, 1.82) is 0 Å². The average Bonchev–Trinajstić information content (AvgIpc) is 2.92. The van der Waals surface area contributed by atoms with Gasteiger partial charge in [-0.05, 0) is 46.7 Å². The second kappa shape index (κ2) is 8.02. The zero-order valence-corrected chi connectivity index (χ0v) is 16.9. The molecule has 0 bridgehead atoms. The number of amides is 1. The first-order chi connectivity index (χ1) is 11.6. The number of rotatable bonds is 5. The first-order valence-corrected chi connectivity index (χ1v) is 9.15. The Hall–Kier alpha value is -1.17. The molecule has 7 heteroatoms. The minimum absolute atomic E-state index is 0.0537. The lowest BCUT2D eigenvalue weighted by Crippen LogP contribution is -2.40. The topological polar surface area (TPSA) is 50.8 Å². The summed E-state index contributed by atoms with van der Waals surface area (Å²) in [7, 11) is 1.76. The molecular formula is C18H26Cl2N2O3. The molecule has 1 heterocycles. The number of halogens is 2. The standard InChI is InChI=1S/C18H26Cl2N2O3/c1-11(22(5)17(23)25-18(2,3)4)8-9-21-14-10-24-16-12(14)6-7-13(19)15(16)20/h6-7,11,14,21H,8-10H2,1-5H3. The normalized spacial score (nSPS) is 17.6. The van der Waals surface area contributed by atoms with Crippen molar-refractivity contribution in [2.75, 3.05) is 20.2 Å². The maximum atomic E-state index is 12.1. The number of benzene rings is 1. The lowest BCUT2D eigenvalue weighted by molar-refractivity contribution is 0.0229. The molecule has 2 unspecified atom stereocenters. The Morgan fingerprint density at radius 2 is 2.12 bits per heavy atom. The third-order valence-electron chi connectivity index (χ3n) is 4.15. The van der Waals surface area contributed by atoms with Crippen molar-refractivity contribution >= 4 is 29.3 Å². The van der Waals surface area contributed by atoms with Gasteiger partial charge in [-0.1, -0.05) is 29.3 Å². The quantitative estimate of drug-likeness (QED) is 0.796. The molecule has 1 amide bonds. The van der Waals surface area contributed by atoms with Gasteiger partial charge in [-0.3, -0.25) is 0 Å². The first kappa shape index (κ1) is 20.1. The molecule has 0 aromatic heterocycles. The number of hydrogen-bond acceptors (Lipinski definition) is 4. The van der Waals surface area contributed by atoms with Crippen LogP contribution in [0, 0.1) is 0 Å². The first-order valence-electron chi connectivity index (χ1n) is 8.40. The largest absolute Gasteiger partial charge is 0.490 e. The van der Waals surface area contributed by atoms with Crippen LogP contribution in [0.15, 0.2) is 12.1 Å². The van der Waals surface area contributed by atoms with Crippen molar-refractivity contribution in [2.24, 2.45) is 0 Å². The maximum absolute atomic E-state index is 12.1. The van der Waals surface area contributed by atoms with Crippen molar-refractivity contribution in [3.8, 4) is 5.75 Å². The highest BCUT2D eigenvalue weighted by Crippen LogP contribution is 2.42. The molecule has 1 aliphatic rings. The molecular weight excluding hydrogens is 363 g/mol. The van der Waals surface area contributed by atoms with Crippen LogP contribution in [-0.2, 0) is 4.74 Å². The smallest absolute Gasteiger partial charge is 0.410 e. The van der Waals surface area contributed by atoms with E-state index in [1.54, 1.807) is 18.0 Å². The van der Waals surface area contributed by atoms with E-state index in [1.165, 1.54) is 0 Å². The van der Waals surface area contributed by atoms with Crippen LogP contribution in [0.25, 0.3) is 0 Å². The van der Waals surface area contributed by atoms with Gasteiger partial charge < -0.3 is 19.7 Å². The van der Waals surface area contributed by atoms with Gasteiger partial charge in [0.15, 0.2) is 0 Å². The summed E-state index contributed by atoms with van der Waals surface area (Å²) in [6, 6.07) is 3.84. The maximum Gasteiger partial charge on any atom is 0.410 e. The van der Waals surface area contributed by atoms with E-state index in [2.05, 4.69) is 5.32 Å². The Kier molecular flexibility index (Phi) is 6.46. The Bertz CT molecular complexity index is 631. The SMILES string of the molecule is CC(CCNC1COc2c1ccc(Cl)c2Cl)N(C)C(=O)OC(C)(C)C. The van der Waals surface area contributed by atoms with Crippen LogP contribution in [0.4, 0.5) is 4.79 Å². The second-order valence-electron chi connectivity index (χ2n) is 7.33. The molecule has 25 heavy (non-hydrogen) atoms. The summed E-state index contributed by atoms with van der Waals surface area (Å²) in [5.74, 6) is 0.658. The highest BCUT2D eigenvalue weighted by molar-refractivity contribution is 6.43. The highest BCUT2D eigenvalue weighted by Gasteiger charge is 2.27. The molecule has 0 aliphatic carbocycles. The number of nitrogens with one attached hydrogen (secondary N) is 1. The predicted octanol–water partition coefficient (Wildman–Crippen LogP) is 4.66. The highest BCUT2D eigenvalue weighted by atomic mass is 35.5. The number of hydrogen-bond donors (Lipinski definition) is 1. The predicted molar refractivity (Wildman–Crippen MR) is 101 cm³/mol.